The summed E-state index contributed by atoms with van der Waals surface area (Å²) in [6.45, 7) is 2.58. The average Bonchev–Trinajstić information content (AvgIpc) is 2.57. The zero-order valence-electron chi connectivity index (χ0n) is 13.3. The summed E-state index contributed by atoms with van der Waals surface area (Å²) in [5.41, 5.74) is 0. The van der Waals surface area contributed by atoms with Crippen LogP contribution in [0.15, 0.2) is 11.8 Å². The Balaban J connectivity index is 1.45. The van der Waals surface area contributed by atoms with Crippen molar-refractivity contribution < 1.29 is 14.6 Å². The van der Waals surface area contributed by atoms with Crippen molar-refractivity contribution >= 4 is 5.91 Å². The Morgan fingerprint density at radius 3 is 2.64 bits per heavy atom. The maximum atomic E-state index is 12.1. The van der Waals surface area contributed by atoms with Crippen LogP contribution in [0, 0.1) is 0 Å². The molecule has 3 aliphatic rings. The van der Waals surface area contributed by atoms with Gasteiger partial charge < -0.3 is 15.2 Å². The first-order valence-corrected chi connectivity index (χ1v) is 8.80. The SMILES string of the molecule is O=C(NC1CCN(C2CCCCC2O)CC1)C1=CCCCO1. The third-order valence-electron chi connectivity index (χ3n) is 5.19. The fourth-order valence-corrected chi connectivity index (χ4v) is 3.87. The first kappa shape index (κ1) is 15.8. The summed E-state index contributed by atoms with van der Waals surface area (Å²) in [5.74, 6) is 0.437. The lowest BCUT2D eigenvalue weighted by atomic mass is 9.89. The Kier molecular flexibility index (Phi) is 5.37. The van der Waals surface area contributed by atoms with E-state index in [0.717, 1.165) is 58.0 Å². The number of carbonyl (C=O) groups excluding carboxylic acids is 1. The molecule has 2 N–H and O–H groups in total. The monoisotopic (exact) mass is 308 g/mol. The normalized spacial score (nSPS) is 31.2. The zero-order chi connectivity index (χ0) is 15.4. The Labute approximate surface area is 132 Å². The summed E-state index contributed by atoms with van der Waals surface area (Å²) in [5, 5.41) is 13.3. The molecule has 0 aromatic carbocycles. The minimum Gasteiger partial charge on any atom is -0.488 e. The molecular weight excluding hydrogens is 280 g/mol. The van der Waals surface area contributed by atoms with Gasteiger partial charge in [0.1, 0.15) is 0 Å². The summed E-state index contributed by atoms with van der Waals surface area (Å²) in [6, 6.07) is 0.561. The van der Waals surface area contributed by atoms with Gasteiger partial charge in [-0.15, -0.1) is 0 Å². The molecule has 1 amide bonds. The fourth-order valence-electron chi connectivity index (χ4n) is 3.87. The van der Waals surface area contributed by atoms with E-state index in [9.17, 15) is 9.90 Å². The van der Waals surface area contributed by atoms with Crippen LogP contribution in [0.3, 0.4) is 0 Å². The number of hydrogen-bond acceptors (Lipinski definition) is 4. The average molecular weight is 308 g/mol. The molecule has 0 radical (unpaired) electrons. The van der Waals surface area contributed by atoms with Crippen LogP contribution in [0.2, 0.25) is 0 Å². The lowest BCUT2D eigenvalue weighted by molar-refractivity contribution is -0.122. The summed E-state index contributed by atoms with van der Waals surface area (Å²) in [4.78, 5) is 14.6. The number of allylic oxidation sites excluding steroid dienone is 1. The van der Waals surface area contributed by atoms with Crippen LogP contribution in [0.25, 0.3) is 0 Å². The topological polar surface area (TPSA) is 61.8 Å². The number of amides is 1. The van der Waals surface area contributed by atoms with Crippen molar-refractivity contribution in [3.8, 4) is 0 Å². The van der Waals surface area contributed by atoms with Crippen LogP contribution < -0.4 is 5.32 Å². The molecule has 2 aliphatic heterocycles. The van der Waals surface area contributed by atoms with Crippen molar-refractivity contribution in [3.05, 3.63) is 11.8 Å². The number of likely N-dealkylation sites (tertiary alicyclic amines) is 1. The molecule has 2 fully saturated rings. The van der Waals surface area contributed by atoms with E-state index in [0.29, 0.717) is 18.4 Å². The predicted octanol–water partition coefficient (Wildman–Crippen LogP) is 1.56. The molecule has 124 valence electrons. The summed E-state index contributed by atoms with van der Waals surface area (Å²) >= 11 is 0. The summed E-state index contributed by atoms with van der Waals surface area (Å²) < 4.78 is 5.42. The fraction of sp³-hybridized carbons (Fsp3) is 0.824. The van der Waals surface area contributed by atoms with E-state index < -0.39 is 0 Å². The van der Waals surface area contributed by atoms with E-state index in [2.05, 4.69) is 10.2 Å². The largest absolute Gasteiger partial charge is 0.488 e. The van der Waals surface area contributed by atoms with Crippen molar-refractivity contribution in [3.63, 3.8) is 0 Å². The molecule has 0 bridgehead atoms. The Hall–Kier alpha value is -1.07. The second kappa shape index (κ2) is 7.47. The first-order valence-electron chi connectivity index (χ1n) is 8.80. The van der Waals surface area contributed by atoms with Gasteiger partial charge in [-0.3, -0.25) is 9.69 Å². The van der Waals surface area contributed by atoms with Gasteiger partial charge in [0.05, 0.1) is 12.7 Å². The molecule has 22 heavy (non-hydrogen) atoms. The zero-order valence-corrected chi connectivity index (χ0v) is 13.3. The molecule has 2 unspecified atom stereocenters. The van der Waals surface area contributed by atoms with Gasteiger partial charge in [0.2, 0.25) is 0 Å². The molecule has 1 aliphatic carbocycles. The van der Waals surface area contributed by atoms with Crippen LogP contribution in [0.5, 0.6) is 0 Å². The van der Waals surface area contributed by atoms with Crippen LogP contribution in [-0.4, -0.2) is 53.8 Å². The van der Waals surface area contributed by atoms with E-state index in [1.54, 1.807) is 0 Å². The molecule has 3 rings (SSSR count). The molecule has 1 saturated carbocycles. The van der Waals surface area contributed by atoms with Gasteiger partial charge in [0.25, 0.3) is 5.91 Å². The highest BCUT2D eigenvalue weighted by molar-refractivity contribution is 5.91. The van der Waals surface area contributed by atoms with Gasteiger partial charge in [-0.1, -0.05) is 12.8 Å². The number of nitrogens with one attached hydrogen (secondary N) is 1. The minimum atomic E-state index is -0.166. The highest BCUT2D eigenvalue weighted by atomic mass is 16.5. The Morgan fingerprint density at radius 1 is 1.18 bits per heavy atom. The molecule has 5 nitrogen and oxygen atoms in total. The van der Waals surface area contributed by atoms with Crippen molar-refractivity contribution in [2.75, 3.05) is 19.7 Å². The molecular formula is C17H28N2O3. The number of nitrogens with zero attached hydrogens (tertiary/aromatic N) is 1. The number of piperidine rings is 1. The second-order valence-corrected chi connectivity index (χ2v) is 6.76. The van der Waals surface area contributed by atoms with Crippen molar-refractivity contribution in [2.24, 2.45) is 0 Å². The molecule has 5 heteroatoms. The van der Waals surface area contributed by atoms with Gasteiger partial charge in [0, 0.05) is 25.2 Å². The van der Waals surface area contributed by atoms with Crippen LogP contribution in [0.1, 0.15) is 51.4 Å². The quantitative estimate of drug-likeness (QED) is 0.831. The van der Waals surface area contributed by atoms with E-state index >= 15 is 0 Å². The number of ether oxygens (including phenoxy) is 1. The highest BCUT2D eigenvalue weighted by Crippen LogP contribution is 2.26. The van der Waals surface area contributed by atoms with E-state index in [1.807, 2.05) is 6.08 Å². The van der Waals surface area contributed by atoms with Crippen molar-refractivity contribution in [2.45, 2.75) is 69.6 Å². The van der Waals surface area contributed by atoms with E-state index in [1.165, 1.54) is 6.42 Å². The molecule has 2 heterocycles. The first-order chi connectivity index (χ1) is 10.7. The highest BCUT2D eigenvalue weighted by Gasteiger charge is 2.32. The molecule has 0 aromatic heterocycles. The van der Waals surface area contributed by atoms with Gasteiger partial charge >= 0.3 is 0 Å². The van der Waals surface area contributed by atoms with Gasteiger partial charge in [0.15, 0.2) is 5.76 Å². The number of aliphatic hydroxyl groups excluding tert-OH is 1. The maximum absolute atomic E-state index is 12.1. The smallest absolute Gasteiger partial charge is 0.286 e. The standard InChI is InChI=1S/C17H28N2O3/c20-15-6-2-1-5-14(15)19-10-8-13(9-11-19)18-17(21)16-7-3-4-12-22-16/h7,13-15,20H,1-6,8-12H2,(H,18,21). The Bertz CT molecular complexity index is 416. The van der Waals surface area contributed by atoms with Crippen LogP contribution in [0.4, 0.5) is 0 Å². The van der Waals surface area contributed by atoms with Crippen molar-refractivity contribution in [1.82, 2.24) is 10.2 Å². The third kappa shape index (κ3) is 3.82. The number of hydrogen-bond donors (Lipinski definition) is 2. The number of rotatable bonds is 3. The van der Waals surface area contributed by atoms with Crippen molar-refractivity contribution in [1.29, 1.82) is 0 Å². The lowest BCUT2D eigenvalue weighted by Gasteiger charge is -2.41. The minimum absolute atomic E-state index is 0.0594. The number of carbonyl (C=O) groups is 1. The summed E-state index contributed by atoms with van der Waals surface area (Å²) in [7, 11) is 0. The third-order valence-corrected chi connectivity index (χ3v) is 5.19. The maximum Gasteiger partial charge on any atom is 0.286 e. The van der Waals surface area contributed by atoms with Crippen LogP contribution >= 0.6 is 0 Å². The molecule has 0 aromatic rings. The van der Waals surface area contributed by atoms with Gasteiger partial charge in [-0.25, -0.2) is 0 Å². The van der Waals surface area contributed by atoms with E-state index in [4.69, 9.17) is 4.74 Å². The second-order valence-electron chi connectivity index (χ2n) is 6.76. The lowest BCUT2D eigenvalue weighted by Crippen LogP contribution is -2.52. The van der Waals surface area contributed by atoms with Gasteiger partial charge in [-0.05, 0) is 44.6 Å². The Morgan fingerprint density at radius 2 is 1.95 bits per heavy atom. The van der Waals surface area contributed by atoms with E-state index in [-0.39, 0.29) is 18.1 Å². The molecule has 2 atom stereocenters. The number of aliphatic hydroxyl groups is 1. The predicted molar refractivity (Wildman–Crippen MR) is 84.3 cm³/mol. The molecule has 1 saturated heterocycles. The van der Waals surface area contributed by atoms with Crippen LogP contribution in [-0.2, 0) is 9.53 Å². The van der Waals surface area contributed by atoms with Gasteiger partial charge in [-0.2, -0.15) is 0 Å². The molecule has 0 spiro atoms. The summed E-state index contributed by atoms with van der Waals surface area (Å²) in [6.07, 6.45) is 10.0.